The lowest BCUT2D eigenvalue weighted by atomic mass is 10.1. The van der Waals surface area contributed by atoms with E-state index < -0.39 is 23.6 Å². The van der Waals surface area contributed by atoms with E-state index in [2.05, 4.69) is 0 Å². The Hall–Kier alpha value is -2.58. The number of hydrogen-bond donors (Lipinski definition) is 2. The molecule has 1 rings (SSSR count). The number of hydroxylamine groups is 4. The van der Waals surface area contributed by atoms with Crippen LogP contribution in [0.25, 0.3) is 0 Å². The molecule has 0 heterocycles. The van der Waals surface area contributed by atoms with Crippen molar-refractivity contribution in [2.75, 3.05) is 0 Å². The molecule has 0 unspecified atom stereocenters. The minimum atomic E-state index is -0.955. The van der Waals surface area contributed by atoms with Crippen LogP contribution in [-0.4, -0.2) is 44.2 Å². The SMILES string of the molecule is CC(=O)N(O)C(=O)c1ccc(C(=O)N(O)C(C)=O)cc1. The molecule has 0 saturated carbocycles. The molecule has 1 aromatic carbocycles. The van der Waals surface area contributed by atoms with E-state index in [-0.39, 0.29) is 21.3 Å². The molecule has 0 fully saturated rings. The van der Waals surface area contributed by atoms with Gasteiger partial charge in [0, 0.05) is 25.0 Å². The van der Waals surface area contributed by atoms with E-state index in [4.69, 9.17) is 10.4 Å². The highest BCUT2D eigenvalue weighted by atomic mass is 16.5. The summed E-state index contributed by atoms with van der Waals surface area (Å²) in [5, 5.41) is 18.2. The first-order valence-corrected chi connectivity index (χ1v) is 5.43. The largest absolute Gasteiger partial charge is 0.284 e. The Kier molecular flexibility index (Phi) is 4.68. The maximum Gasteiger partial charge on any atom is 0.284 e. The van der Waals surface area contributed by atoms with Crippen LogP contribution < -0.4 is 0 Å². The summed E-state index contributed by atoms with van der Waals surface area (Å²) in [6.45, 7) is 2.01. The van der Waals surface area contributed by atoms with Gasteiger partial charge in [-0.3, -0.25) is 29.6 Å². The number of imide groups is 2. The topological polar surface area (TPSA) is 115 Å². The Labute approximate surface area is 113 Å². The molecule has 1 aromatic rings. The minimum Gasteiger partial charge on any atom is -0.278 e. The molecule has 0 spiro atoms. The number of benzene rings is 1. The van der Waals surface area contributed by atoms with Crippen LogP contribution in [0.15, 0.2) is 24.3 Å². The predicted molar refractivity (Wildman–Crippen MR) is 63.7 cm³/mol. The second-order valence-electron chi connectivity index (χ2n) is 3.85. The molecule has 0 aliphatic rings. The van der Waals surface area contributed by atoms with Crippen LogP contribution >= 0.6 is 0 Å². The Bertz CT molecular complexity index is 515. The lowest BCUT2D eigenvalue weighted by Gasteiger charge is -2.12. The maximum absolute atomic E-state index is 11.6. The number of hydrogen-bond acceptors (Lipinski definition) is 6. The quantitative estimate of drug-likeness (QED) is 0.600. The Balaban J connectivity index is 2.95. The molecule has 20 heavy (non-hydrogen) atoms. The normalized spacial score (nSPS) is 9.80. The van der Waals surface area contributed by atoms with Gasteiger partial charge in [0.25, 0.3) is 11.8 Å². The molecule has 0 aliphatic heterocycles. The Morgan fingerprint density at radius 3 is 1.20 bits per heavy atom. The highest BCUT2D eigenvalue weighted by Gasteiger charge is 2.20. The second-order valence-corrected chi connectivity index (χ2v) is 3.85. The monoisotopic (exact) mass is 280 g/mol. The van der Waals surface area contributed by atoms with Gasteiger partial charge in [0.2, 0.25) is 11.8 Å². The smallest absolute Gasteiger partial charge is 0.278 e. The van der Waals surface area contributed by atoms with E-state index in [1.165, 1.54) is 24.3 Å². The van der Waals surface area contributed by atoms with Crippen molar-refractivity contribution in [1.82, 2.24) is 10.1 Å². The van der Waals surface area contributed by atoms with Crippen molar-refractivity contribution in [3.63, 3.8) is 0 Å². The van der Waals surface area contributed by atoms with Gasteiger partial charge in [-0.1, -0.05) is 0 Å². The molecule has 0 bridgehead atoms. The molecule has 106 valence electrons. The summed E-state index contributed by atoms with van der Waals surface area (Å²) in [6, 6.07) is 4.71. The van der Waals surface area contributed by atoms with Crippen LogP contribution in [0.4, 0.5) is 0 Å². The number of carbonyl (C=O) groups is 4. The summed E-state index contributed by atoms with van der Waals surface area (Å²) in [7, 11) is 0. The number of amides is 4. The van der Waals surface area contributed by atoms with Gasteiger partial charge < -0.3 is 0 Å². The third-order valence-electron chi connectivity index (χ3n) is 2.36. The molecular weight excluding hydrogens is 268 g/mol. The standard InChI is InChI=1S/C12H12N2O6/c1-7(15)13(19)11(17)9-3-5-10(6-4-9)12(18)14(20)8(2)16/h3-6,19-20H,1-2H3. The predicted octanol–water partition coefficient (Wildman–Crippen LogP) is 0.442. The van der Waals surface area contributed by atoms with Crippen molar-refractivity contribution in [3.8, 4) is 0 Å². The molecule has 0 atom stereocenters. The van der Waals surface area contributed by atoms with Crippen LogP contribution in [0, 0.1) is 0 Å². The summed E-state index contributed by atoms with van der Waals surface area (Å²) >= 11 is 0. The summed E-state index contributed by atoms with van der Waals surface area (Å²) in [6.07, 6.45) is 0. The molecular formula is C12H12N2O6. The Morgan fingerprint density at radius 2 is 1.00 bits per heavy atom. The zero-order chi connectivity index (χ0) is 15.4. The average Bonchev–Trinajstić information content (AvgIpc) is 2.44. The fourth-order valence-electron chi connectivity index (χ4n) is 1.29. The molecule has 2 N–H and O–H groups in total. The lowest BCUT2D eigenvalue weighted by Crippen LogP contribution is -2.32. The molecule has 8 heteroatoms. The first kappa shape index (κ1) is 15.5. The van der Waals surface area contributed by atoms with Gasteiger partial charge in [0.15, 0.2) is 0 Å². The van der Waals surface area contributed by atoms with Crippen molar-refractivity contribution in [2.45, 2.75) is 13.8 Å². The van der Waals surface area contributed by atoms with Gasteiger partial charge >= 0.3 is 0 Å². The van der Waals surface area contributed by atoms with E-state index in [0.717, 1.165) is 13.8 Å². The molecule has 0 aromatic heterocycles. The van der Waals surface area contributed by atoms with E-state index in [9.17, 15) is 19.2 Å². The van der Waals surface area contributed by atoms with Crippen LogP contribution in [-0.2, 0) is 9.59 Å². The van der Waals surface area contributed by atoms with Gasteiger partial charge in [-0.25, -0.2) is 0 Å². The molecule has 4 amide bonds. The molecule has 8 nitrogen and oxygen atoms in total. The average molecular weight is 280 g/mol. The highest BCUT2D eigenvalue weighted by Crippen LogP contribution is 2.09. The first-order chi connectivity index (χ1) is 9.25. The molecule has 0 radical (unpaired) electrons. The molecule has 0 aliphatic carbocycles. The summed E-state index contributed by atoms with van der Waals surface area (Å²) in [5.74, 6) is -3.62. The van der Waals surface area contributed by atoms with Crippen LogP contribution in [0.2, 0.25) is 0 Å². The van der Waals surface area contributed by atoms with E-state index >= 15 is 0 Å². The van der Waals surface area contributed by atoms with Crippen molar-refractivity contribution >= 4 is 23.6 Å². The van der Waals surface area contributed by atoms with Crippen LogP contribution in [0.5, 0.6) is 0 Å². The van der Waals surface area contributed by atoms with Gasteiger partial charge in [0.1, 0.15) is 0 Å². The zero-order valence-corrected chi connectivity index (χ0v) is 10.7. The van der Waals surface area contributed by atoms with E-state index in [1.54, 1.807) is 0 Å². The Morgan fingerprint density at radius 1 is 0.750 bits per heavy atom. The van der Waals surface area contributed by atoms with Crippen molar-refractivity contribution < 1.29 is 29.6 Å². The highest BCUT2D eigenvalue weighted by molar-refractivity contribution is 6.05. The first-order valence-electron chi connectivity index (χ1n) is 5.43. The fourth-order valence-corrected chi connectivity index (χ4v) is 1.29. The maximum atomic E-state index is 11.6. The summed E-state index contributed by atoms with van der Waals surface area (Å²) in [5.41, 5.74) is -0.0712. The summed E-state index contributed by atoms with van der Waals surface area (Å²) < 4.78 is 0. The number of carbonyl (C=O) groups excluding carboxylic acids is 4. The van der Waals surface area contributed by atoms with Crippen molar-refractivity contribution in [3.05, 3.63) is 35.4 Å². The second kappa shape index (κ2) is 6.04. The fraction of sp³-hybridized carbons (Fsp3) is 0.167. The van der Waals surface area contributed by atoms with E-state index in [0.29, 0.717) is 0 Å². The van der Waals surface area contributed by atoms with Gasteiger partial charge in [0.05, 0.1) is 0 Å². The third-order valence-corrected chi connectivity index (χ3v) is 2.36. The van der Waals surface area contributed by atoms with Crippen molar-refractivity contribution in [2.24, 2.45) is 0 Å². The molecule has 0 saturated heterocycles. The van der Waals surface area contributed by atoms with Gasteiger partial charge in [-0.05, 0) is 24.3 Å². The number of nitrogens with zero attached hydrogens (tertiary/aromatic N) is 2. The van der Waals surface area contributed by atoms with Crippen LogP contribution in [0.1, 0.15) is 34.6 Å². The van der Waals surface area contributed by atoms with Gasteiger partial charge in [-0.2, -0.15) is 10.1 Å². The minimum absolute atomic E-state index is 0.0356. The van der Waals surface area contributed by atoms with Gasteiger partial charge in [-0.15, -0.1) is 0 Å². The van der Waals surface area contributed by atoms with E-state index in [1.807, 2.05) is 0 Å². The zero-order valence-electron chi connectivity index (χ0n) is 10.7. The third kappa shape index (κ3) is 3.25. The summed E-state index contributed by atoms with van der Waals surface area (Å²) in [4.78, 5) is 44.8. The van der Waals surface area contributed by atoms with Crippen molar-refractivity contribution in [1.29, 1.82) is 0 Å². The van der Waals surface area contributed by atoms with Crippen LogP contribution in [0.3, 0.4) is 0 Å². The number of rotatable bonds is 2. The lowest BCUT2D eigenvalue weighted by molar-refractivity contribution is -0.151.